The first kappa shape index (κ1) is 39.7. The highest BCUT2D eigenvalue weighted by atomic mass is 16.6. The lowest BCUT2D eigenvalue weighted by atomic mass is 9.95. The van der Waals surface area contributed by atoms with E-state index in [0.717, 1.165) is 50.7 Å². The molecule has 7 rings (SSSR count). The highest BCUT2D eigenvalue weighted by molar-refractivity contribution is 6.01. The van der Waals surface area contributed by atoms with Gasteiger partial charge in [-0.05, 0) is 59.0 Å². The van der Waals surface area contributed by atoms with Gasteiger partial charge in [-0.15, -0.1) is 0 Å². The molecule has 4 aromatic carbocycles. The Balaban J connectivity index is 0.969. The summed E-state index contributed by atoms with van der Waals surface area (Å²) in [5, 5.41) is 22.3. The summed E-state index contributed by atoms with van der Waals surface area (Å²) in [5.74, 6) is -0.0578. The number of aromatic nitrogens is 2. The number of ether oxygens (including phenoxy) is 4. The standard InChI is InChI=1S/C45H51N5O7/c1-54-19-20-56-23-24-57-22-21-55-18-16-42(52)47-17-15-33-30-50(29-31-7-3-2-4-8-31)41-25-32(11-13-35(33)41)27-46-28-40-43(37-9-5-6-10-39(37)48-40)44-38-26-34(51)12-14-36(38)45(53)49-44/h2-14,25-26,30,44,46,48,51H,15-24,27-29H2,1H3,(H,47,52)(H,49,53). The average molecular weight is 774 g/mol. The second kappa shape index (κ2) is 19.6. The van der Waals surface area contributed by atoms with Gasteiger partial charge in [0, 0.05) is 84.5 Å². The van der Waals surface area contributed by atoms with E-state index in [9.17, 15) is 14.7 Å². The number of aromatic hydroxyl groups is 1. The molecule has 3 heterocycles. The molecule has 1 unspecified atom stereocenters. The summed E-state index contributed by atoms with van der Waals surface area (Å²) in [6.07, 6.45) is 3.19. The Morgan fingerprint density at radius 2 is 1.56 bits per heavy atom. The van der Waals surface area contributed by atoms with Gasteiger partial charge in [0.2, 0.25) is 5.91 Å². The molecular weight excluding hydrogens is 723 g/mol. The third kappa shape index (κ3) is 10.1. The Bertz CT molecular complexity index is 2270. The zero-order valence-corrected chi connectivity index (χ0v) is 32.4. The van der Waals surface area contributed by atoms with E-state index in [-0.39, 0.29) is 23.6 Å². The van der Waals surface area contributed by atoms with Gasteiger partial charge in [-0.3, -0.25) is 9.59 Å². The van der Waals surface area contributed by atoms with Crippen LogP contribution in [0, 0.1) is 0 Å². The van der Waals surface area contributed by atoms with Crippen LogP contribution in [0.3, 0.4) is 0 Å². The van der Waals surface area contributed by atoms with E-state index >= 15 is 0 Å². The number of phenols is 1. The lowest BCUT2D eigenvalue weighted by Crippen LogP contribution is -2.26. The number of phenolic OH excluding ortho intramolecular Hbond substituents is 1. The quantitative estimate of drug-likeness (QED) is 0.0549. The molecule has 0 spiro atoms. The molecule has 57 heavy (non-hydrogen) atoms. The minimum Gasteiger partial charge on any atom is -0.508 e. The molecule has 0 bridgehead atoms. The number of methoxy groups -OCH3 is 1. The van der Waals surface area contributed by atoms with Crippen LogP contribution in [0.25, 0.3) is 21.8 Å². The Hall–Kier alpha value is -5.50. The lowest BCUT2D eigenvalue weighted by molar-refractivity contribution is -0.122. The van der Waals surface area contributed by atoms with Crippen LogP contribution in [0.5, 0.6) is 5.75 Å². The van der Waals surface area contributed by atoms with Crippen LogP contribution < -0.4 is 16.0 Å². The molecule has 1 atom stereocenters. The number of H-pyrrole nitrogens is 1. The van der Waals surface area contributed by atoms with Crippen molar-refractivity contribution in [1.29, 1.82) is 0 Å². The topological polar surface area (TPSA) is 148 Å². The van der Waals surface area contributed by atoms with Gasteiger partial charge in [0.05, 0.1) is 52.3 Å². The normalized spacial score (nSPS) is 13.7. The van der Waals surface area contributed by atoms with Crippen molar-refractivity contribution >= 4 is 33.6 Å². The molecule has 0 fully saturated rings. The maximum atomic E-state index is 12.9. The fraction of sp³-hybridized carbons (Fsp3) is 0.333. The van der Waals surface area contributed by atoms with Crippen molar-refractivity contribution in [3.63, 3.8) is 0 Å². The molecule has 12 nitrogen and oxygen atoms in total. The van der Waals surface area contributed by atoms with Crippen molar-refractivity contribution in [2.75, 3.05) is 59.9 Å². The van der Waals surface area contributed by atoms with E-state index in [1.165, 1.54) is 11.1 Å². The maximum absolute atomic E-state index is 12.9. The van der Waals surface area contributed by atoms with Gasteiger partial charge in [0.15, 0.2) is 0 Å². The van der Waals surface area contributed by atoms with Crippen molar-refractivity contribution in [1.82, 2.24) is 25.5 Å². The van der Waals surface area contributed by atoms with Crippen LogP contribution in [0.2, 0.25) is 0 Å². The fourth-order valence-electron chi connectivity index (χ4n) is 7.44. The molecule has 6 aromatic rings. The van der Waals surface area contributed by atoms with E-state index in [1.807, 2.05) is 24.3 Å². The monoisotopic (exact) mass is 773 g/mol. The molecular formula is C45H51N5O7. The van der Waals surface area contributed by atoms with Crippen LogP contribution in [0.15, 0.2) is 97.2 Å². The minimum absolute atomic E-state index is 0.0420. The summed E-state index contributed by atoms with van der Waals surface area (Å²) >= 11 is 0. The van der Waals surface area contributed by atoms with Crippen LogP contribution in [0.1, 0.15) is 56.3 Å². The molecule has 0 saturated heterocycles. The summed E-state index contributed by atoms with van der Waals surface area (Å²) in [7, 11) is 1.64. The number of aromatic amines is 1. The molecule has 2 amide bonds. The van der Waals surface area contributed by atoms with E-state index in [1.54, 1.807) is 25.3 Å². The zero-order chi connectivity index (χ0) is 39.4. The number of amides is 2. The molecule has 5 N–H and O–H groups in total. The Labute approximate surface area is 332 Å². The number of benzene rings is 4. The van der Waals surface area contributed by atoms with Crippen molar-refractivity contribution in [2.45, 2.75) is 38.5 Å². The average Bonchev–Trinajstić information content (AvgIpc) is 3.87. The van der Waals surface area contributed by atoms with Gasteiger partial charge in [-0.2, -0.15) is 0 Å². The van der Waals surface area contributed by atoms with E-state index in [0.29, 0.717) is 84.3 Å². The Morgan fingerprint density at radius 3 is 2.37 bits per heavy atom. The van der Waals surface area contributed by atoms with Crippen molar-refractivity contribution in [3.05, 3.63) is 136 Å². The van der Waals surface area contributed by atoms with Gasteiger partial charge >= 0.3 is 0 Å². The molecule has 1 aliphatic rings. The highest BCUT2D eigenvalue weighted by Gasteiger charge is 2.33. The van der Waals surface area contributed by atoms with E-state index < -0.39 is 0 Å². The number of hydrogen-bond acceptors (Lipinski definition) is 8. The van der Waals surface area contributed by atoms with Gasteiger partial charge in [0.25, 0.3) is 5.91 Å². The van der Waals surface area contributed by atoms with E-state index in [4.69, 9.17) is 18.9 Å². The summed E-state index contributed by atoms with van der Waals surface area (Å²) in [4.78, 5) is 29.1. The molecule has 0 saturated carbocycles. The van der Waals surface area contributed by atoms with Gasteiger partial charge < -0.3 is 49.6 Å². The van der Waals surface area contributed by atoms with Crippen LogP contribution in [-0.2, 0) is 49.8 Å². The second-order valence-electron chi connectivity index (χ2n) is 14.1. The van der Waals surface area contributed by atoms with Crippen molar-refractivity contribution in [2.24, 2.45) is 0 Å². The smallest absolute Gasteiger partial charge is 0.252 e. The largest absolute Gasteiger partial charge is 0.508 e. The van der Waals surface area contributed by atoms with Gasteiger partial charge in [-0.1, -0.05) is 60.7 Å². The number of nitrogens with zero attached hydrogens (tertiary/aromatic N) is 1. The molecule has 298 valence electrons. The number of carbonyl (C=O) groups is 2. The number of rotatable bonds is 22. The third-order valence-electron chi connectivity index (χ3n) is 10.2. The van der Waals surface area contributed by atoms with Gasteiger partial charge in [0.1, 0.15) is 5.75 Å². The second-order valence-corrected chi connectivity index (χ2v) is 14.1. The summed E-state index contributed by atoms with van der Waals surface area (Å²) in [6.45, 7) is 5.75. The maximum Gasteiger partial charge on any atom is 0.252 e. The number of fused-ring (bicyclic) bond motifs is 3. The lowest BCUT2D eigenvalue weighted by Gasteiger charge is -2.15. The molecule has 2 aromatic heterocycles. The first-order chi connectivity index (χ1) is 28.0. The van der Waals surface area contributed by atoms with Crippen LogP contribution in [0.4, 0.5) is 0 Å². The number of nitrogens with one attached hydrogen (secondary N) is 4. The molecule has 0 radical (unpaired) electrons. The first-order valence-corrected chi connectivity index (χ1v) is 19.6. The SMILES string of the molecule is COCCOCCOCCOCCC(=O)NCCc1cn(Cc2ccccc2)c2cc(CNCc3[nH]c4ccccc4c3C3NC(=O)c4ccc(O)cc43)ccc12. The Kier molecular flexibility index (Phi) is 13.6. The molecule has 12 heteroatoms. The van der Waals surface area contributed by atoms with Crippen molar-refractivity contribution in [3.8, 4) is 5.75 Å². The predicted octanol–water partition coefficient (Wildman–Crippen LogP) is 5.74. The van der Waals surface area contributed by atoms with Crippen LogP contribution >= 0.6 is 0 Å². The summed E-state index contributed by atoms with van der Waals surface area (Å²) < 4.78 is 23.7. The van der Waals surface area contributed by atoms with Crippen molar-refractivity contribution < 1.29 is 33.6 Å². The number of carbonyl (C=O) groups excluding carboxylic acids is 2. The minimum atomic E-state index is -0.380. The number of hydrogen-bond donors (Lipinski definition) is 5. The van der Waals surface area contributed by atoms with Crippen LogP contribution in [-0.4, -0.2) is 86.4 Å². The Morgan fingerprint density at radius 1 is 0.807 bits per heavy atom. The third-order valence-corrected chi connectivity index (χ3v) is 10.2. The highest BCUT2D eigenvalue weighted by Crippen LogP contribution is 2.38. The predicted molar refractivity (Wildman–Crippen MR) is 219 cm³/mol. The van der Waals surface area contributed by atoms with Gasteiger partial charge in [-0.25, -0.2) is 0 Å². The number of para-hydroxylation sites is 1. The molecule has 0 aliphatic carbocycles. The van der Waals surface area contributed by atoms with E-state index in [2.05, 4.69) is 80.2 Å². The summed E-state index contributed by atoms with van der Waals surface area (Å²) in [5.41, 5.74) is 8.96. The summed E-state index contributed by atoms with van der Waals surface area (Å²) in [6, 6.07) is 29.6. The fourth-order valence-corrected chi connectivity index (χ4v) is 7.44. The first-order valence-electron chi connectivity index (χ1n) is 19.6. The zero-order valence-electron chi connectivity index (χ0n) is 32.4. The molecule has 1 aliphatic heterocycles.